The summed E-state index contributed by atoms with van der Waals surface area (Å²) in [6.07, 6.45) is 0.529. The first-order valence-corrected chi connectivity index (χ1v) is 9.19. The van der Waals surface area contributed by atoms with E-state index in [1.807, 2.05) is 12.1 Å². The number of ether oxygens (including phenoxy) is 2. The fraction of sp³-hybridized carbons (Fsp3) is 0.250. The van der Waals surface area contributed by atoms with E-state index in [0.29, 0.717) is 17.9 Å². The molecule has 2 aromatic carbocycles. The van der Waals surface area contributed by atoms with Crippen LogP contribution in [-0.2, 0) is 16.4 Å². The zero-order chi connectivity index (χ0) is 16.9. The minimum absolute atomic E-state index is 0.232. The molecule has 7 heteroatoms. The predicted octanol–water partition coefficient (Wildman–Crippen LogP) is 2.99. The molecule has 0 aliphatic rings. The van der Waals surface area contributed by atoms with E-state index in [1.165, 1.54) is 0 Å². The largest absolute Gasteiger partial charge is 0.497 e. The average Bonchev–Trinajstić information content (AvgIpc) is 2.54. The summed E-state index contributed by atoms with van der Waals surface area (Å²) in [7, 11) is -0.371. The summed E-state index contributed by atoms with van der Waals surface area (Å²) >= 11 is 3.27. The molecule has 0 radical (unpaired) electrons. The van der Waals surface area contributed by atoms with Crippen LogP contribution in [0.15, 0.2) is 51.8 Å². The molecule has 0 aliphatic heterocycles. The van der Waals surface area contributed by atoms with Gasteiger partial charge in [-0.05, 0) is 42.3 Å². The van der Waals surface area contributed by atoms with Crippen LogP contribution >= 0.6 is 15.9 Å². The monoisotopic (exact) mass is 399 g/mol. The molecule has 1 N–H and O–H groups in total. The van der Waals surface area contributed by atoms with Crippen molar-refractivity contribution in [2.24, 2.45) is 0 Å². The van der Waals surface area contributed by atoms with E-state index in [0.717, 1.165) is 10.0 Å². The van der Waals surface area contributed by atoms with Crippen LogP contribution in [0.1, 0.15) is 5.56 Å². The standard InChI is InChI=1S/C16H18BrNO4S/c1-21-14-8-12(9-15(11-14)22-2)6-7-18-23(19,20)16-5-3-4-13(17)10-16/h3-5,8-11,18H,6-7H2,1-2H3. The lowest BCUT2D eigenvalue weighted by Crippen LogP contribution is -2.26. The van der Waals surface area contributed by atoms with Gasteiger partial charge in [0, 0.05) is 17.1 Å². The maximum Gasteiger partial charge on any atom is 0.240 e. The molecule has 0 heterocycles. The molecule has 2 rings (SSSR count). The first kappa shape index (κ1) is 17.8. The van der Waals surface area contributed by atoms with Gasteiger partial charge in [0.15, 0.2) is 0 Å². The average molecular weight is 400 g/mol. The Morgan fingerprint density at radius 3 is 2.26 bits per heavy atom. The summed E-state index contributed by atoms with van der Waals surface area (Å²) in [5.74, 6) is 1.35. The number of halogens is 1. The van der Waals surface area contributed by atoms with Crippen molar-refractivity contribution >= 4 is 26.0 Å². The van der Waals surface area contributed by atoms with Gasteiger partial charge in [-0.3, -0.25) is 0 Å². The molecule has 0 aromatic heterocycles. The molecule has 0 bridgehead atoms. The Morgan fingerprint density at radius 1 is 1.04 bits per heavy atom. The maximum absolute atomic E-state index is 12.2. The highest BCUT2D eigenvalue weighted by atomic mass is 79.9. The van der Waals surface area contributed by atoms with Crippen molar-refractivity contribution in [3.8, 4) is 11.5 Å². The van der Waals surface area contributed by atoms with E-state index in [-0.39, 0.29) is 11.4 Å². The van der Waals surface area contributed by atoms with Gasteiger partial charge in [-0.2, -0.15) is 0 Å². The Morgan fingerprint density at radius 2 is 1.70 bits per heavy atom. The topological polar surface area (TPSA) is 64.6 Å². The smallest absolute Gasteiger partial charge is 0.240 e. The number of rotatable bonds is 7. The van der Waals surface area contributed by atoms with Crippen LogP contribution in [0.5, 0.6) is 11.5 Å². The Balaban J connectivity index is 2.04. The summed E-state index contributed by atoms with van der Waals surface area (Å²) in [6.45, 7) is 0.283. The van der Waals surface area contributed by atoms with Crippen LogP contribution in [0, 0.1) is 0 Å². The molecular weight excluding hydrogens is 382 g/mol. The van der Waals surface area contributed by atoms with Crippen molar-refractivity contribution in [2.45, 2.75) is 11.3 Å². The number of hydrogen-bond donors (Lipinski definition) is 1. The number of methoxy groups -OCH3 is 2. The van der Waals surface area contributed by atoms with Gasteiger partial charge in [0.1, 0.15) is 11.5 Å². The molecule has 124 valence electrons. The highest BCUT2D eigenvalue weighted by Crippen LogP contribution is 2.22. The second kappa shape index (κ2) is 7.81. The molecule has 0 spiro atoms. The van der Waals surface area contributed by atoms with Crippen LogP contribution < -0.4 is 14.2 Å². The summed E-state index contributed by atoms with van der Waals surface area (Å²) in [5, 5.41) is 0. The second-order valence-electron chi connectivity index (χ2n) is 4.83. The first-order valence-electron chi connectivity index (χ1n) is 6.92. The molecule has 2 aromatic rings. The van der Waals surface area contributed by atoms with Crippen LogP contribution in [-0.4, -0.2) is 29.2 Å². The Labute approximate surface area is 144 Å². The lowest BCUT2D eigenvalue weighted by molar-refractivity contribution is 0.393. The number of sulfonamides is 1. The third kappa shape index (κ3) is 4.95. The minimum atomic E-state index is -3.53. The third-order valence-corrected chi connectivity index (χ3v) is 5.18. The maximum atomic E-state index is 12.2. The van der Waals surface area contributed by atoms with Gasteiger partial charge in [-0.15, -0.1) is 0 Å². The van der Waals surface area contributed by atoms with Crippen molar-refractivity contribution in [3.05, 3.63) is 52.5 Å². The quantitative estimate of drug-likeness (QED) is 0.776. The molecular formula is C16H18BrNO4S. The first-order chi connectivity index (χ1) is 10.9. The molecule has 0 unspecified atom stereocenters. The predicted molar refractivity (Wildman–Crippen MR) is 92.6 cm³/mol. The van der Waals surface area contributed by atoms with E-state index in [1.54, 1.807) is 44.6 Å². The van der Waals surface area contributed by atoms with Crippen molar-refractivity contribution in [1.82, 2.24) is 4.72 Å². The minimum Gasteiger partial charge on any atom is -0.497 e. The van der Waals surface area contributed by atoms with Crippen LogP contribution in [0.2, 0.25) is 0 Å². The van der Waals surface area contributed by atoms with Gasteiger partial charge in [-0.1, -0.05) is 22.0 Å². The fourth-order valence-corrected chi connectivity index (χ4v) is 3.69. The van der Waals surface area contributed by atoms with Gasteiger partial charge in [0.25, 0.3) is 0 Å². The van der Waals surface area contributed by atoms with Gasteiger partial charge in [0.2, 0.25) is 10.0 Å². The van der Waals surface area contributed by atoms with E-state index < -0.39 is 10.0 Å². The zero-order valence-electron chi connectivity index (χ0n) is 12.9. The molecule has 0 fully saturated rings. The van der Waals surface area contributed by atoms with Gasteiger partial charge in [-0.25, -0.2) is 13.1 Å². The zero-order valence-corrected chi connectivity index (χ0v) is 15.3. The van der Waals surface area contributed by atoms with Gasteiger partial charge < -0.3 is 9.47 Å². The van der Waals surface area contributed by atoms with E-state index in [2.05, 4.69) is 20.7 Å². The molecule has 5 nitrogen and oxygen atoms in total. The Kier molecular flexibility index (Phi) is 6.04. The summed E-state index contributed by atoms with van der Waals surface area (Å²) in [6, 6.07) is 12.1. The highest BCUT2D eigenvalue weighted by Gasteiger charge is 2.13. The lowest BCUT2D eigenvalue weighted by atomic mass is 10.1. The lowest BCUT2D eigenvalue weighted by Gasteiger charge is -2.10. The third-order valence-electron chi connectivity index (χ3n) is 3.22. The molecule has 0 saturated carbocycles. The normalized spacial score (nSPS) is 11.3. The second-order valence-corrected chi connectivity index (χ2v) is 7.51. The summed E-state index contributed by atoms with van der Waals surface area (Å²) < 4.78 is 38.2. The van der Waals surface area contributed by atoms with E-state index >= 15 is 0 Å². The van der Waals surface area contributed by atoms with Gasteiger partial charge in [0.05, 0.1) is 19.1 Å². The number of nitrogens with one attached hydrogen (secondary N) is 1. The van der Waals surface area contributed by atoms with Crippen LogP contribution in [0.3, 0.4) is 0 Å². The van der Waals surface area contributed by atoms with Crippen LogP contribution in [0.25, 0.3) is 0 Å². The van der Waals surface area contributed by atoms with Gasteiger partial charge >= 0.3 is 0 Å². The Hall–Kier alpha value is -1.57. The van der Waals surface area contributed by atoms with Crippen molar-refractivity contribution in [2.75, 3.05) is 20.8 Å². The molecule has 0 amide bonds. The van der Waals surface area contributed by atoms with Crippen molar-refractivity contribution in [1.29, 1.82) is 0 Å². The summed E-state index contributed by atoms with van der Waals surface area (Å²) in [5.41, 5.74) is 0.929. The molecule has 0 aliphatic carbocycles. The highest BCUT2D eigenvalue weighted by molar-refractivity contribution is 9.10. The molecule has 0 atom stereocenters. The van der Waals surface area contributed by atoms with Crippen LogP contribution in [0.4, 0.5) is 0 Å². The van der Waals surface area contributed by atoms with E-state index in [9.17, 15) is 8.42 Å². The molecule has 0 saturated heterocycles. The molecule has 23 heavy (non-hydrogen) atoms. The summed E-state index contributed by atoms with van der Waals surface area (Å²) in [4.78, 5) is 0.232. The number of hydrogen-bond acceptors (Lipinski definition) is 4. The SMILES string of the molecule is COc1cc(CCNS(=O)(=O)c2cccc(Br)c2)cc(OC)c1. The van der Waals surface area contributed by atoms with Crippen molar-refractivity contribution in [3.63, 3.8) is 0 Å². The van der Waals surface area contributed by atoms with Crippen molar-refractivity contribution < 1.29 is 17.9 Å². The van der Waals surface area contributed by atoms with E-state index in [4.69, 9.17) is 9.47 Å². The fourth-order valence-electron chi connectivity index (χ4n) is 2.06. The number of benzene rings is 2. The Bertz CT molecular complexity index is 755.